The number of fused-ring (bicyclic) bond motifs is 1. The van der Waals surface area contributed by atoms with E-state index in [1.807, 2.05) is 6.07 Å². The predicted octanol–water partition coefficient (Wildman–Crippen LogP) is 3.78. The molecule has 1 aromatic heterocycles. The van der Waals surface area contributed by atoms with E-state index in [2.05, 4.69) is 11.1 Å². The molecule has 0 aliphatic heterocycles. The van der Waals surface area contributed by atoms with Crippen molar-refractivity contribution < 1.29 is 4.39 Å². The monoisotopic (exact) mass is 285 g/mol. The Morgan fingerprint density at radius 1 is 1.20 bits per heavy atom. The highest BCUT2D eigenvalue weighted by molar-refractivity contribution is 6.17. The molecule has 5 heteroatoms. The summed E-state index contributed by atoms with van der Waals surface area (Å²) in [6.07, 6.45) is 0. The molecule has 0 spiro atoms. The summed E-state index contributed by atoms with van der Waals surface area (Å²) in [5, 5.41) is 9.22. The van der Waals surface area contributed by atoms with E-state index in [1.54, 1.807) is 34.9 Å². The van der Waals surface area contributed by atoms with Gasteiger partial charge in [-0.1, -0.05) is 18.2 Å². The Hall–Kier alpha value is -2.38. The van der Waals surface area contributed by atoms with Crippen LogP contribution in [0.4, 0.5) is 4.39 Å². The smallest absolute Gasteiger partial charge is 0.151 e. The van der Waals surface area contributed by atoms with Crippen LogP contribution in [-0.2, 0) is 5.88 Å². The van der Waals surface area contributed by atoms with Crippen molar-refractivity contribution in [1.82, 2.24) is 9.55 Å². The fourth-order valence-corrected chi connectivity index (χ4v) is 2.41. The lowest BCUT2D eigenvalue weighted by Crippen LogP contribution is -2.01. The number of hydrogen-bond acceptors (Lipinski definition) is 2. The molecule has 3 aromatic rings. The molecule has 0 atom stereocenters. The maximum atomic E-state index is 13.8. The Morgan fingerprint density at radius 3 is 2.75 bits per heavy atom. The van der Waals surface area contributed by atoms with Gasteiger partial charge in [-0.3, -0.25) is 4.57 Å². The lowest BCUT2D eigenvalue weighted by molar-refractivity contribution is 0.637. The second-order valence-electron chi connectivity index (χ2n) is 4.23. The van der Waals surface area contributed by atoms with Gasteiger partial charge < -0.3 is 0 Å². The average molecular weight is 286 g/mol. The quantitative estimate of drug-likeness (QED) is 0.673. The van der Waals surface area contributed by atoms with Gasteiger partial charge in [-0.05, 0) is 24.3 Å². The van der Waals surface area contributed by atoms with Crippen LogP contribution < -0.4 is 0 Å². The lowest BCUT2D eigenvalue weighted by atomic mass is 10.2. The minimum Gasteiger partial charge on any atom is -0.294 e. The molecule has 0 aliphatic rings. The predicted molar refractivity (Wildman–Crippen MR) is 75.3 cm³/mol. The molecule has 1 heterocycles. The van der Waals surface area contributed by atoms with Crippen molar-refractivity contribution in [2.45, 2.75) is 5.88 Å². The van der Waals surface area contributed by atoms with Gasteiger partial charge >= 0.3 is 0 Å². The third-order valence-electron chi connectivity index (χ3n) is 3.09. The van der Waals surface area contributed by atoms with Crippen LogP contribution in [0.25, 0.3) is 16.7 Å². The van der Waals surface area contributed by atoms with E-state index in [0.29, 0.717) is 22.6 Å². The minimum absolute atomic E-state index is 0.133. The van der Waals surface area contributed by atoms with Gasteiger partial charge in [0, 0.05) is 0 Å². The van der Waals surface area contributed by atoms with Gasteiger partial charge in [-0.25, -0.2) is 9.37 Å². The summed E-state index contributed by atoms with van der Waals surface area (Å²) in [5.74, 6) is 0.241. The van der Waals surface area contributed by atoms with E-state index >= 15 is 0 Å². The Morgan fingerprint density at radius 2 is 2.00 bits per heavy atom. The van der Waals surface area contributed by atoms with Crippen LogP contribution >= 0.6 is 11.6 Å². The molecular weight excluding hydrogens is 277 g/mol. The Balaban J connectivity index is 2.41. The Labute approximate surface area is 119 Å². The van der Waals surface area contributed by atoms with Crippen LogP contribution in [0.1, 0.15) is 11.4 Å². The fraction of sp³-hybridized carbons (Fsp3) is 0.0667. The summed E-state index contributed by atoms with van der Waals surface area (Å²) in [5.41, 5.74) is 2.00. The zero-order valence-corrected chi connectivity index (χ0v) is 11.1. The van der Waals surface area contributed by atoms with Crippen LogP contribution in [-0.4, -0.2) is 9.55 Å². The number of alkyl halides is 1. The molecule has 0 radical (unpaired) electrons. The summed E-state index contributed by atoms with van der Waals surface area (Å²) in [4.78, 5) is 4.23. The highest BCUT2D eigenvalue weighted by atomic mass is 35.5. The third kappa shape index (κ3) is 1.84. The van der Waals surface area contributed by atoms with Crippen LogP contribution in [0.5, 0.6) is 0 Å². The molecule has 20 heavy (non-hydrogen) atoms. The van der Waals surface area contributed by atoms with Gasteiger partial charge in [-0.15, -0.1) is 11.6 Å². The van der Waals surface area contributed by atoms with Gasteiger partial charge in [0.05, 0.1) is 22.6 Å². The van der Waals surface area contributed by atoms with Crippen molar-refractivity contribution in [1.29, 1.82) is 5.26 Å². The zero-order valence-electron chi connectivity index (χ0n) is 10.3. The number of nitrogens with zero attached hydrogens (tertiary/aromatic N) is 3. The topological polar surface area (TPSA) is 41.6 Å². The normalized spacial score (nSPS) is 10.7. The standard InChI is InChI=1S/C15H9ClFN3/c16-8-14-19-15-11(17)5-3-7-13(15)20(14)12-6-2-1-4-10(12)9-18/h1-7H,8H2. The fourth-order valence-electron chi connectivity index (χ4n) is 2.23. The molecule has 3 nitrogen and oxygen atoms in total. The van der Waals surface area contributed by atoms with Crippen molar-refractivity contribution in [3.8, 4) is 11.8 Å². The average Bonchev–Trinajstić information content (AvgIpc) is 2.87. The summed E-state index contributed by atoms with van der Waals surface area (Å²) >= 11 is 5.91. The van der Waals surface area contributed by atoms with Crippen molar-refractivity contribution >= 4 is 22.6 Å². The number of rotatable bonds is 2. The third-order valence-corrected chi connectivity index (χ3v) is 3.33. The first kappa shape index (κ1) is 12.6. The van der Waals surface area contributed by atoms with E-state index in [4.69, 9.17) is 11.6 Å². The largest absolute Gasteiger partial charge is 0.294 e. The first-order valence-corrected chi connectivity index (χ1v) is 6.51. The minimum atomic E-state index is -0.401. The second-order valence-corrected chi connectivity index (χ2v) is 4.50. The molecule has 0 amide bonds. The number of nitriles is 1. The molecule has 0 unspecified atom stereocenters. The van der Waals surface area contributed by atoms with Crippen LogP contribution in [0, 0.1) is 17.1 Å². The lowest BCUT2D eigenvalue weighted by Gasteiger charge is -2.09. The number of aromatic nitrogens is 2. The molecule has 0 saturated heterocycles. The summed E-state index contributed by atoms with van der Waals surface area (Å²) in [6, 6.07) is 14.0. The van der Waals surface area contributed by atoms with E-state index in [0.717, 1.165) is 0 Å². The number of benzene rings is 2. The number of imidazole rings is 1. The van der Waals surface area contributed by atoms with Gasteiger partial charge in [0.2, 0.25) is 0 Å². The van der Waals surface area contributed by atoms with Crippen molar-refractivity contribution in [2.75, 3.05) is 0 Å². The summed E-state index contributed by atoms with van der Waals surface area (Å²) in [7, 11) is 0. The van der Waals surface area contributed by atoms with Crippen molar-refractivity contribution in [3.05, 3.63) is 59.7 Å². The molecule has 0 aliphatic carbocycles. The highest BCUT2D eigenvalue weighted by Crippen LogP contribution is 2.26. The summed E-state index contributed by atoms with van der Waals surface area (Å²) < 4.78 is 15.6. The zero-order chi connectivity index (χ0) is 14.1. The SMILES string of the molecule is N#Cc1ccccc1-n1c(CCl)nc2c(F)cccc21. The molecule has 0 N–H and O–H groups in total. The molecule has 0 saturated carbocycles. The van der Waals surface area contributed by atoms with Gasteiger partial charge in [0.15, 0.2) is 5.82 Å². The second kappa shape index (κ2) is 4.95. The van der Waals surface area contributed by atoms with Crippen molar-refractivity contribution in [3.63, 3.8) is 0 Å². The molecule has 0 bridgehead atoms. The molecular formula is C15H9ClFN3. The van der Waals surface area contributed by atoms with Crippen LogP contribution in [0.3, 0.4) is 0 Å². The van der Waals surface area contributed by atoms with Gasteiger partial charge in [0.25, 0.3) is 0 Å². The maximum absolute atomic E-state index is 13.8. The van der Waals surface area contributed by atoms with Crippen LogP contribution in [0.15, 0.2) is 42.5 Å². The van der Waals surface area contributed by atoms with E-state index in [9.17, 15) is 9.65 Å². The summed E-state index contributed by atoms with van der Waals surface area (Å²) in [6.45, 7) is 0. The Bertz CT molecular complexity index is 833. The van der Waals surface area contributed by atoms with Gasteiger partial charge in [-0.2, -0.15) is 5.26 Å². The van der Waals surface area contributed by atoms with Crippen LogP contribution in [0.2, 0.25) is 0 Å². The van der Waals surface area contributed by atoms with Crippen molar-refractivity contribution in [2.24, 2.45) is 0 Å². The number of hydrogen-bond donors (Lipinski definition) is 0. The molecule has 0 fully saturated rings. The van der Waals surface area contributed by atoms with E-state index < -0.39 is 5.82 Å². The number of para-hydroxylation sites is 2. The maximum Gasteiger partial charge on any atom is 0.151 e. The molecule has 98 valence electrons. The van der Waals surface area contributed by atoms with E-state index in [-0.39, 0.29) is 11.4 Å². The Kier molecular flexibility index (Phi) is 3.13. The number of halogens is 2. The first-order valence-electron chi connectivity index (χ1n) is 5.97. The highest BCUT2D eigenvalue weighted by Gasteiger charge is 2.16. The first-order chi connectivity index (χ1) is 9.76. The van der Waals surface area contributed by atoms with E-state index in [1.165, 1.54) is 6.07 Å². The van der Waals surface area contributed by atoms with Gasteiger partial charge in [0.1, 0.15) is 17.4 Å². The molecule has 3 rings (SSSR count). The molecule has 2 aromatic carbocycles.